The first kappa shape index (κ1) is 19.1. The van der Waals surface area contributed by atoms with E-state index >= 15 is 0 Å². The standard InChI is InChI=1S/C14H12N6.C7H6ClN3/c1-8-3-17-13-12(8)14(19-7-18-13)20-10-2-9-4-15-6-11(9)16-5-10;1-4-2-9-7-5(4)6(8)10-3-11-7/h2-5,7H,6H2,1H3,(H2,17,18,19,20);2-3H,1H3,(H,9,10,11). The molecule has 1 aliphatic heterocycles. The van der Waals surface area contributed by atoms with Crippen molar-refractivity contribution in [3.8, 4) is 0 Å². The number of anilines is 2. The molecule has 154 valence electrons. The molecule has 9 nitrogen and oxygen atoms in total. The van der Waals surface area contributed by atoms with Gasteiger partial charge < -0.3 is 15.3 Å². The number of nitrogens with zero attached hydrogens (tertiary/aromatic N) is 6. The van der Waals surface area contributed by atoms with E-state index in [-0.39, 0.29) is 0 Å². The van der Waals surface area contributed by atoms with Crippen molar-refractivity contribution >= 4 is 51.4 Å². The van der Waals surface area contributed by atoms with Gasteiger partial charge in [0.1, 0.15) is 34.9 Å². The lowest BCUT2D eigenvalue weighted by molar-refractivity contribution is 1.02. The van der Waals surface area contributed by atoms with E-state index < -0.39 is 0 Å². The second-order valence-corrected chi connectivity index (χ2v) is 7.49. The highest BCUT2D eigenvalue weighted by molar-refractivity contribution is 6.34. The third-order valence-corrected chi connectivity index (χ3v) is 5.31. The van der Waals surface area contributed by atoms with Crippen LogP contribution in [0.5, 0.6) is 0 Å². The number of aromatic amines is 2. The van der Waals surface area contributed by atoms with Crippen LogP contribution in [0.3, 0.4) is 0 Å². The van der Waals surface area contributed by atoms with Crippen molar-refractivity contribution < 1.29 is 0 Å². The summed E-state index contributed by atoms with van der Waals surface area (Å²) in [6.45, 7) is 4.67. The Bertz CT molecular complexity index is 1430. The van der Waals surface area contributed by atoms with Crippen LogP contribution in [0.4, 0.5) is 11.5 Å². The second-order valence-electron chi connectivity index (χ2n) is 7.13. The maximum absolute atomic E-state index is 5.83. The van der Waals surface area contributed by atoms with Crippen LogP contribution in [-0.2, 0) is 6.54 Å². The SMILES string of the molecule is Cc1c[nH]c2ncnc(Cl)c12.Cc1c[nH]c2ncnc(Nc3cnc4c(c3)C=NC4)c12. The maximum atomic E-state index is 5.83. The number of pyridine rings is 1. The molecule has 0 atom stereocenters. The van der Waals surface area contributed by atoms with Gasteiger partial charge in [-0.25, -0.2) is 19.9 Å². The van der Waals surface area contributed by atoms with E-state index in [9.17, 15) is 0 Å². The minimum absolute atomic E-state index is 0.508. The van der Waals surface area contributed by atoms with E-state index in [1.165, 1.54) is 6.33 Å². The molecule has 31 heavy (non-hydrogen) atoms. The highest BCUT2D eigenvalue weighted by Gasteiger charge is 2.11. The largest absolute Gasteiger partial charge is 0.346 e. The Kier molecular flexibility index (Phi) is 4.79. The monoisotopic (exact) mass is 431 g/mol. The fourth-order valence-electron chi connectivity index (χ4n) is 3.47. The van der Waals surface area contributed by atoms with Crippen molar-refractivity contribution in [1.82, 2.24) is 34.9 Å². The highest BCUT2D eigenvalue weighted by atomic mass is 35.5. The summed E-state index contributed by atoms with van der Waals surface area (Å²) in [4.78, 5) is 31.2. The van der Waals surface area contributed by atoms with E-state index in [1.54, 1.807) is 6.33 Å². The number of halogens is 1. The summed E-state index contributed by atoms with van der Waals surface area (Å²) in [5.74, 6) is 0.783. The number of hydrogen-bond donors (Lipinski definition) is 3. The maximum Gasteiger partial charge on any atom is 0.143 e. The molecule has 0 saturated heterocycles. The number of hydrogen-bond acceptors (Lipinski definition) is 7. The van der Waals surface area contributed by atoms with Crippen LogP contribution in [0.15, 0.2) is 42.3 Å². The number of nitrogens with one attached hydrogen (secondary N) is 3. The van der Waals surface area contributed by atoms with Crippen LogP contribution >= 0.6 is 11.6 Å². The lowest BCUT2D eigenvalue weighted by Crippen LogP contribution is -1.98. The molecule has 0 radical (unpaired) electrons. The number of H-pyrrole nitrogens is 2. The summed E-state index contributed by atoms with van der Waals surface area (Å²) in [6, 6.07) is 2.04. The molecule has 10 heteroatoms. The Hall–Kier alpha value is -3.85. The van der Waals surface area contributed by atoms with Gasteiger partial charge in [-0.15, -0.1) is 0 Å². The zero-order valence-corrected chi connectivity index (χ0v) is 17.6. The minimum atomic E-state index is 0.508. The molecule has 0 fully saturated rings. The minimum Gasteiger partial charge on any atom is -0.346 e. The Morgan fingerprint density at radius 3 is 2.39 bits per heavy atom. The predicted octanol–water partition coefficient (Wildman–Crippen LogP) is 4.26. The van der Waals surface area contributed by atoms with Crippen molar-refractivity contribution in [1.29, 1.82) is 0 Å². The van der Waals surface area contributed by atoms with Crippen LogP contribution in [-0.4, -0.2) is 41.1 Å². The van der Waals surface area contributed by atoms with Crippen molar-refractivity contribution in [2.45, 2.75) is 20.4 Å². The fourth-order valence-corrected chi connectivity index (χ4v) is 3.76. The van der Waals surface area contributed by atoms with Gasteiger partial charge in [-0.2, -0.15) is 0 Å². The predicted molar refractivity (Wildman–Crippen MR) is 121 cm³/mol. The van der Waals surface area contributed by atoms with Gasteiger partial charge in [-0.1, -0.05) is 11.6 Å². The quantitative estimate of drug-likeness (QED) is 0.359. The number of aromatic nitrogens is 7. The van der Waals surface area contributed by atoms with Gasteiger partial charge in [-0.3, -0.25) is 9.98 Å². The summed E-state index contributed by atoms with van der Waals surface area (Å²) in [7, 11) is 0. The van der Waals surface area contributed by atoms with Gasteiger partial charge >= 0.3 is 0 Å². The Balaban J connectivity index is 0.000000157. The average Bonchev–Trinajstić information content (AvgIpc) is 3.48. The van der Waals surface area contributed by atoms with Gasteiger partial charge in [0.2, 0.25) is 0 Å². The van der Waals surface area contributed by atoms with Crippen LogP contribution in [0.25, 0.3) is 22.1 Å². The third-order valence-electron chi connectivity index (χ3n) is 5.03. The smallest absolute Gasteiger partial charge is 0.143 e. The Morgan fingerprint density at radius 2 is 1.61 bits per heavy atom. The molecule has 3 N–H and O–H groups in total. The van der Waals surface area contributed by atoms with Gasteiger partial charge in [0.05, 0.1) is 34.9 Å². The number of rotatable bonds is 2. The van der Waals surface area contributed by atoms with Crippen LogP contribution in [0.1, 0.15) is 22.4 Å². The molecule has 0 amide bonds. The summed E-state index contributed by atoms with van der Waals surface area (Å²) in [6.07, 6.45) is 10.4. The van der Waals surface area contributed by atoms with Crippen molar-refractivity contribution in [3.63, 3.8) is 0 Å². The second kappa shape index (κ2) is 7.77. The van der Waals surface area contributed by atoms with Crippen LogP contribution in [0.2, 0.25) is 5.15 Å². The normalized spacial score (nSPS) is 12.1. The molecule has 6 heterocycles. The molecular weight excluding hydrogens is 414 g/mol. The number of aryl methyl sites for hydroxylation is 2. The van der Waals surface area contributed by atoms with Crippen LogP contribution < -0.4 is 5.32 Å². The van der Waals surface area contributed by atoms with E-state index in [0.29, 0.717) is 11.7 Å². The molecule has 0 saturated carbocycles. The zero-order chi connectivity index (χ0) is 21.4. The molecule has 1 aliphatic rings. The van der Waals surface area contributed by atoms with Crippen molar-refractivity contribution in [3.05, 3.63) is 64.8 Å². The van der Waals surface area contributed by atoms with Gasteiger partial charge in [0, 0.05) is 24.2 Å². The summed E-state index contributed by atoms with van der Waals surface area (Å²) >= 11 is 5.83. The number of fused-ring (bicyclic) bond motifs is 3. The van der Waals surface area contributed by atoms with E-state index in [4.69, 9.17) is 11.6 Å². The summed E-state index contributed by atoms with van der Waals surface area (Å²) < 4.78 is 0. The zero-order valence-electron chi connectivity index (χ0n) is 16.8. The Labute approximate surface area is 182 Å². The lowest BCUT2D eigenvalue weighted by Gasteiger charge is -2.08. The first-order chi connectivity index (χ1) is 15.1. The molecule has 6 rings (SSSR count). The van der Waals surface area contributed by atoms with E-state index in [0.717, 1.165) is 56.0 Å². The topological polar surface area (TPSA) is 120 Å². The molecule has 0 unspecified atom stereocenters. The average molecular weight is 432 g/mol. The van der Waals surface area contributed by atoms with E-state index in [2.05, 4.69) is 45.2 Å². The number of aliphatic imine (C=N–C) groups is 1. The summed E-state index contributed by atoms with van der Waals surface area (Å²) in [5.41, 5.74) is 6.78. The van der Waals surface area contributed by atoms with Gasteiger partial charge in [0.25, 0.3) is 0 Å². The molecule has 0 aromatic carbocycles. The molecule has 5 aromatic rings. The highest BCUT2D eigenvalue weighted by Crippen LogP contribution is 2.26. The third kappa shape index (κ3) is 3.59. The molecule has 0 spiro atoms. The first-order valence-electron chi connectivity index (χ1n) is 9.59. The first-order valence-corrected chi connectivity index (χ1v) is 9.96. The molecule has 5 aromatic heterocycles. The van der Waals surface area contributed by atoms with Crippen molar-refractivity contribution in [2.24, 2.45) is 4.99 Å². The fraction of sp³-hybridized carbons (Fsp3) is 0.143. The summed E-state index contributed by atoms with van der Waals surface area (Å²) in [5, 5.41) is 5.73. The van der Waals surface area contributed by atoms with Crippen LogP contribution in [0, 0.1) is 13.8 Å². The van der Waals surface area contributed by atoms with Gasteiger partial charge in [0.15, 0.2) is 0 Å². The van der Waals surface area contributed by atoms with E-state index in [1.807, 2.05) is 44.7 Å². The van der Waals surface area contributed by atoms with Gasteiger partial charge in [-0.05, 0) is 31.0 Å². The lowest BCUT2D eigenvalue weighted by atomic mass is 10.2. The Morgan fingerprint density at radius 1 is 0.903 bits per heavy atom. The molecular formula is C21H18ClN9. The van der Waals surface area contributed by atoms with Crippen molar-refractivity contribution in [2.75, 3.05) is 5.32 Å². The molecule has 0 bridgehead atoms. The molecule has 0 aliphatic carbocycles.